The molecule has 0 unspecified atom stereocenters. The number of Topliss-reactive ketones (excluding diaryl/α,β-unsaturated/α-hetero) is 1. The molecule has 66 valence electrons. The Bertz CT molecular complexity index is 325. The van der Waals surface area contributed by atoms with Crippen molar-refractivity contribution in [2.45, 2.75) is 6.42 Å². The Balaban J connectivity index is 2.65. The molecule has 1 aromatic carbocycles. The second-order valence-electron chi connectivity index (χ2n) is 2.75. The molecule has 0 atom stereocenters. The smallest absolute Gasteiger partial charge is 0.221 e. The first kappa shape index (κ1) is 9.39. The second-order valence-corrected chi connectivity index (χ2v) is 2.75. The van der Waals surface area contributed by atoms with Gasteiger partial charge in [0.05, 0.1) is 0 Å². The van der Waals surface area contributed by atoms with Crippen LogP contribution in [0.15, 0.2) is 42.5 Å². The molecule has 0 heterocycles. The van der Waals surface area contributed by atoms with Gasteiger partial charge >= 0.3 is 0 Å². The summed E-state index contributed by atoms with van der Waals surface area (Å²) in [5, 5.41) is 0. The maximum Gasteiger partial charge on any atom is 0.221 e. The number of allylic oxidation sites excluding steroid dienone is 1. The largest absolute Gasteiger partial charge is 0.294 e. The van der Waals surface area contributed by atoms with E-state index in [9.17, 15) is 9.59 Å². The maximum atomic E-state index is 10.8. The second kappa shape index (κ2) is 4.36. The zero-order valence-electron chi connectivity index (χ0n) is 7.19. The van der Waals surface area contributed by atoms with Crippen LogP contribution in [0.5, 0.6) is 0 Å². The van der Waals surface area contributed by atoms with E-state index in [1.54, 1.807) is 0 Å². The van der Waals surface area contributed by atoms with Gasteiger partial charge in [0.2, 0.25) is 5.78 Å². The summed E-state index contributed by atoms with van der Waals surface area (Å²) in [5.41, 5.74) is 1.32. The minimum atomic E-state index is -0.524. The molecule has 0 aromatic heterocycles. The number of hydrogen-bond donors (Lipinski definition) is 0. The molecule has 0 saturated carbocycles. The van der Waals surface area contributed by atoms with Crippen molar-refractivity contribution in [3.63, 3.8) is 0 Å². The van der Waals surface area contributed by atoms with Crippen molar-refractivity contribution in [3.8, 4) is 0 Å². The van der Waals surface area contributed by atoms with E-state index in [0.29, 0.717) is 18.3 Å². The molecule has 0 bridgehead atoms. The number of aldehydes is 1. The number of benzene rings is 1. The van der Waals surface area contributed by atoms with Gasteiger partial charge in [-0.15, -0.1) is 0 Å². The summed E-state index contributed by atoms with van der Waals surface area (Å²) in [7, 11) is 0. The van der Waals surface area contributed by atoms with Gasteiger partial charge in [-0.2, -0.15) is 0 Å². The Morgan fingerprint density at radius 1 is 1.31 bits per heavy atom. The van der Waals surface area contributed by atoms with Crippen LogP contribution >= 0.6 is 0 Å². The van der Waals surface area contributed by atoms with Gasteiger partial charge < -0.3 is 0 Å². The SMILES string of the molecule is C=C(Cc1ccccc1)C(=O)C=O. The van der Waals surface area contributed by atoms with E-state index in [0.717, 1.165) is 5.56 Å². The highest BCUT2D eigenvalue weighted by molar-refractivity contribution is 6.32. The highest BCUT2D eigenvalue weighted by Gasteiger charge is 2.05. The van der Waals surface area contributed by atoms with Gasteiger partial charge in [0.15, 0.2) is 6.29 Å². The van der Waals surface area contributed by atoms with Gasteiger partial charge in [-0.05, 0) is 5.56 Å². The first-order valence-corrected chi connectivity index (χ1v) is 3.95. The third-order valence-corrected chi connectivity index (χ3v) is 1.72. The third kappa shape index (κ3) is 2.67. The topological polar surface area (TPSA) is 34.1 Å². The lowest BCUT2D eigenvalue weighted by molar-refractivity contribution is -0.127. The molecule has 2 nitrogen and oxygen atoms in total. The summed E-state index contributed by atoms with van der Waals surface area (Å²) in [6.07, 6.45) is 0.740. The quantitative estimate of drug-likeness (QED) is 0.394. The van der Waals surface area contributed by atoms with Crippen molar-refractivity contribution in [3.05, 3.63) is 48.0 Å². The molecule has 0 N–H and O–H groups in total. The fraction of sp³-hybridized carbons (Fsp3) is 0.0909. The van der Waals surface area contributed by atoms with E-state index < -0.39 is 5.78 Å². The monoisotopic (exact) mass is 174 g/mol. The van der Waals surface area contributed by atoms with Crippen LogP contribution in [0.25, 0.3) is 0 Å². The number of carbonyl (C=O) groups is 2. The fourth-order valence-electron chi connectivity index (χ4n) is 1.01. The van der Waals surface area contributed by atoms with E-state index in [1.807, 2.05) is 30.3 Å². The van der Waals surface area contributed by atoms with Crippen LogP contribution in [0.2, 0.25) is 0 Å². The fourth-order valence-corrected chi connectivity index (χ4v) is 1.01. The molecule has 0 fully saturated rings. The van der Waals surface area contributed by atoms with Gasteiger partial charge in [0.25, 0.3) is 0 Å². The molecule has 0 aliphatic heterocycles. The van der Waals surface area contributed by atoms with Crippen LogP contribution in [-0.2, 0) is 16.0 Å². The Morgan fingerprint density at radius 3 is 2.46 bits per heavy atom. The van der Waals surface area contributed by atoms with Crippen molar-refractivity contribution in [1.82, 2.24) is 0 Å². The molecule has 1 rings (SSSR count). The summed E-state index contributed by atoms with van der Waals surface area (Å²) in [5.74, 6) is -0.524. The normalized spacial score (nSPS) is 9.23. The van der Waals surface area contributed by atoms with Gasteiger partial charge in [-0.25, -0.2) is 0 Å². The lowest BCUT2D eigenvalue weighted by atomic mass is 10.0. The van der Waals surface area contributed by atoms with Crippen LogP contribution in [-0.4, -0.2) is 12.1 Å². The Kier molecular flexibility index (Phi) is 3.15. The first-order chi connectivity index (χ1) is 6.24. The maximum absolute atomic E-state index is 10.8. The van der Waals surface area contributed by atoms with Gasteiger partial charge in [0, 0.05) is 12.0 Å². The van der Waals surface area contributed by atoms with E-state index in [4.69, 9.17) is 0 Å². The summed E-state index contributed by atoms with van der Waals surface area (Å²) >= 11 is 0. The average molecular weight is 174 g/mol. The lowest BCUT2D eigenvalue weighted by Crippen LogP contribution is -2.04. The lowest BCUT2D eigenvalue weighted by Gasteiger charge is -1.99. The van der Waals surface area contributed by atoms with E-state index in [-0.39, 0.29) is 0 Å². The van der Waals surface area contributed by atoms with Crippen LogP contribution < -0.4 is 0 Å². The average Bonchev–Trinajstić information content (AvgIpc) is 2.18. The molecular weight excluding hydrogens is 164 g/mol. The molecule has 13 heavy (non-hydrogen) atoms. The van der Waals surface area contributed by atoms with E-state index >= 15 is 0 Å². The Morgan fingerprint density at radius 2 is 1.92 bits per heavy atom. The highest BCUT2D eigenvalue weighted by atomic mass is 16.2. The van der Waals surface area contributed by atoms with Gasteiger partial charge in [-0.1, -0.05) is 36.9 Å². The predicted molar refractivity (Wildman–Crippen MR) is 50.4 cm³/mol. The molecule has 1 aromatic rings. The van der Waals surface area contributed by atoms with E-state index in [2.05, 4.69) is 6.58 Å². The molecular formula is C11H10O2. The van der Waals surface area contributed by atoms with Gasteiger partial charge in [-0.3, -0.25) is 9.59 Å². The summed E-state index contributed by atoms with van der Waals surface area (Å²) < 4.78 is 0. The molecule has 2 heteroatoms. The van der Waals surface area contributed by atoms with Crippen molar-refractivity contribution >= 4 is 12.1 Å². The molecule has 0 spiro atoms. The molecule has 0 aliphatic carbocycles. The van der Waals surface area contributed by atoms with Crippen LogP contribution in [0.1, 0.15) is 5.56 Å². The zero-order valence-corrected chi connectivity index (χ0v) is 7.19. The number of hydrogen-bond acceptors (Lipinski definition) is 2. The highest BCUT2D eigenvalue weighted by Crippen LogP contribution is 2.05. The van der Waals surface area contributed by atoms with Crippen molar-refractivity contribution in [2.24, 2.45) is 0 Å². The standard InChI is InChI=1S/C11H10O2/c1-9(11(13)8-12)7-10-5-3-2-4-6-10/h2-6,8H,1,7H2. The summed E-state index contributed by atoms with van der Waals surface area (Å²) in [4.78, 5) is 21.0. The minimum Gasteiger partial charge on any atom is -0.294 e. The van der Waals surface area contributed by atoms with Crippen LogP contribution in [0.4, 0.5) is 0 Å². The van der Waals surface area contributed by atoms with Gasteiger partial charge in [0.1, 0.15) is 0 Å². The molecule has 0 radical (unpaired) electrons. The number of carbonyl (C=O) groups excluding carboxylic acids is 2. The molecule has 0 aliphatic rings. The zero-order chi connectivity index (χ0) is 9.68. The molecule has 0 saturated heterocycles. The predicted octanol–water partition coefficient (Wildman–Crippen LogP) is 1.55. The Hall–Kier alpha value is -1.70. The summed E-state index contributed by atoms with van der Waals surface area (Å²) in [6.45, 7) is 3.54. The van der Waals surface area contributed by atoms with E-state index in [1.165, 1.54) is 0 Å². The first-order valence-electron chi connectivity index (χ1n) is 3.95. The third-order valence-electron chi connectivity index (χ3n) is 1.72. The van der Waals surface area contributed by atoms with Crippen LogP contribution in [0, 0.1) is 0 Å². The van der Waals surface area contributed by atoms with Crippen molar-refractivity contribution < 1.29 is 9.59 Å². The van der Waals surface area contributed by atoms with Crippen LogP contribution in [0.3, 0.4) is 0 Å². The Labute approximate surface area is 76.9 Å². The number of ketones is 1. The minimum absolute atomic E-state index is 0.297. The van der Waals surface area contributed by atoms with Crippen molar-refractivity contribution in [2.75, 3.05) is 0 Å². The van der Waals surface area contributed by atoms with Crippen molar-refractivity contribution in [1.29, 1.82) is 0 Å². The number of rotatable bonds is 4. The summed E-state index contributed by atoms with van der Waals surface area (Å²) in [6, 6.07) is 9.45. The molecule has 0 amide bonds.